The summed E-state index contributed by atoms with van der Waals surface area (Å²) < 4.78 is 0. The molecule has 2 atom stereocenters. The van der Waals surface area contributed by atoms with Crippen molar-refractivity contribution in [2.75, 3.05) is 19.7 Å². The van der Waals surface area contributed by atoms with Crippen molar-refractivity contribution in [3.05, 3.63) is 0 Å². The molecule has 62 valence electrons. The first-order valence-electron chi connectivity index (χ1n) is 3.34. The van der Waals surface area contributed by atoms with Crippen LogP contribution < -0.4 is 5.32 Å². The molecule has 0 saturated carbocycles. The highest BCUT2D eigenvalue weighted by atomic mass is 16.3. The van der Waals surface area contributed by atoms with Gasteiger partial charge in [-0.2, -0.15) is 0 Å². The molecular formula is C6H15NO3. The first-order chi connectivity index (χ1) is 4.66. The van der Waals surface area contributed by atoms with Gasteiger partial charge in [-0.05, 0) is 6.92 Å². The normalized spacial score (nSPS) is 16.8. The van der Waals surface area contributed by atoms with Gasteiger partial charge in [0.05, 0.1) is 18.8 Å². The summed E-state index contributed by atoms with van der Waals surface area (Å²) in [6.45, 7) is 2.17. The predicted octanol–water partition coefficient (Wildman–Crippen LogP) is -1.69. The average Bonchev–Trinajstić information content (AvgIpc) is 1.87. The van der Waals surface area contributed by atoms with Gasteiger partial charge < -0.3 is 20.6 Å². The summed E-state index contributed by atoms with van der Waals surface area (Å²) in [6, 6.07) is 0. The van der Waals surface area contributed by atoms with E-state index in [1.165, 1.54) is 0 Å². The second kappa shape index (κ2) is 5.61. The Morgan fingerprint density at radius 1 is 1.30 bits per heavy atom. The van der Waals surface area contributed by atoms with Crippen LogP contribution in [0.25, 0.3) is 0 Å². The fourth-order valence-electron chi connectivity index (χ4n) is 0.523. The van der Waals surface area contributed by atoms with Crippen LogP contribution in [0.5, 0.6) is 0 Å². The number of aliphatic hydroxyl groups is 3. The van der Waals surface area contributed by atoms with Gasteiger partial charge in [-0.15, -0.1) is 0 Å². The molecule has 0 spiro atoms. The maximum Gasteiger partial charge on any atom is 0.0894 e. The lowest BCUT2D eigenvalue weighted by molar-refractivity contribution is 0.0903. The third-order valence-corrected chi connectivity index (χ3v) is 1.03. The maximum atomic E-state index is 8.78. The molecule has 0 aromatic rings. The van der Waals surface area contributed by atoms with E-state index in [1.807, 2.05) is 0 Å². The van der Waals surface area contributed by atoms with Gasteiger partial charge in [0.1, 0.15) is 0 Å². The van der Waals surface area contributed by atoms with E-state index < -0.39 is 12.2 Å². The van der Waals surface area contributed by atoms with Crippen molar-refractivity contribution in [3.8, 4) is 0 Å². The van der Waals surface area contributed by atoms with Crippen LogP contribution in [0, 0.1) is 0 Å². The first-order valence-corrected chi connectivity index (χ1v) is 3.34. The molecule has 0 rings (SSSR count). The number of hydrogen-bond donors (Lipinski definition) is 4. The molecule has 4 heteroatoms. The molecule has 0 amide bonds. The second-order valence-electron chi connectivity index (χ2n) is 2.34. The van der Waals surface area contributed by atoms with E-state index in [2.05, 4.69) is 5.32 Å². The van der Waals surface area contributed by atoms with Crippen molar-refractivity contribution in [1.29, 1.82) is 0 Å². The highest BCUT2D eigenvalue weighted by Gasteiger charge is 2.00. The molecule has 0 bridgehead atoms. The molecule has 0 radical (unpaired) electrons. The van der Waals surface area contributed by atoms with Crippen LogP contribution in [-0.4, -0.2) is 47.2 Å². The molecule has 0 aromatic heterocycles. The Bertz CT molecular complexity index is 77.4. The Labute approximate surface area is 60.5 Å². The van der Waals surface area contributed by atoms with Crippen LogP contribution in [0.1, 0.15) is 6.92 Å². The third-order valence-electron chi connectivity index (χ3n) is 1.03. The monoisotopic (exact) mass is 149 g/mol. The van der Waals surface area contributed by atoms with E-state index in [4.69, 9.17) is 15.3 Å². The number of aliphatic hydroxyl groups excluding tert-OH is 3. The van der Waals surface area contributed by atoms with E-state index >= 15 is 0 Å². The topological polar surface area (TPSA) is 72.7 Å². The van der Waals surface area contributed by atoms with Gasteiger partial charge in [-0.1, -0.05) is 0 Å². The van der Waals surface area contributed by atoms with Gasteiger partial charge in [0, 0.05) is 13.1 Å². The Morgan fingerprint density at radius 3 is 2.30 bits per heavy atom. The van der Waals surface area contributed by atoms with Gasteiger partial charge in [0.25, 0.3) is 0 Å². The minimum Gasteiger partial charge on any atom is -0.394 e. The summed E-state index contributed by atoms with van der Waals surface area (Å²) >= 11 is 0. The molecule has 0 saturated heterocycles. The molecule has 0 aliphatic heterocycles. The van der Waals surface area contributed by atoms with E-state index in [-0.39, 0.29) is 6.61 Å². The van der Waals surface area contributed by atoms with Crippen LogP contribution in [0.4, 0.5) is 0 Å². The summed E-state index contributed by atoms with van der Waals surface area (Å²) in [5.74, 6) is 0. The van der Waals surface area contributed by atoms with Gasteiger partial charge in [0.15, 0.2) is 0 Å². The van der Waals surface area contributed by atoms with Crippen molar-refractivity contribution in [2.45, 2.75) is 19.1 Å². The van der Waals surface area contributed by atoms with Gasteiger partial charge in [-0.25, -0.2) is 0 Å². The summed E-state index contributed by atoms with van der Waals surface area (Å²) in [5, 5.41) is 28.6. The predicted molar refractivity (Wildman–Crippen MR) is 37.6 cm³/mol. The largest absolute Gasteiger partial charge is 0.394 e. The molecule has 4 N–H and O–H groups in total. The van der Waals surface area contributed by atoms with Gasteiger partial charge >= 0.3 is 0 Å². The van der Waals surface area contributed by atoms with E-state index in [0.29, 0.717) is 13.1 Å². The molecule has 0 aromatic carbocycles. The highest BCUT2D eigenvalue weighted by molar-refractivity contribution is 4.58. The number of hydrogen-bond acceptors (Lipinski definition) is 4. The summed E-state index contributed by atoms with van der Waals surface area (Å²) in [7, 11) is 0. The molecule has 0 aliphatic carbocycles. The fourth-order valence-corrected chi connectivity index (χ4v) is 0.523. The lowest BCUT2D eigenvalue weighted by Crippen LogP contribution is -2.33. The number of nitrogens with one attached hydrogen (secondary N) is 1. The van der Waals surface area contributed by atoms with E-state index in [0.717, 1.165) is 0 Å². The summed E-state index contributed by atoms with van der Waals surface area (Å²) in [5.41, 5.74) is 0. The quantitative estimate of drug-likeness (QED) is 0.376. The molecule has 10 heavy (non-hydrogen) atoms. The standard InChI is InChI=1S/C6H15NO3/c1-5(9)2-7-3-6(10)4-8/h5-10H,2-4H2,1H3/t5?,6-/m0/s1. The van der Waals surface area contributed by atoms with Crippen molar-refractivity contribution in [2.24, 2.45) is 0 Å². The van der Waals surface area contributed by atoms with E-state index in [9.17, 15) is 0 Å². The zero-order valence-electron chi connectivity index (χ0n) is 6.12. The van der Waals surface area contributed by atoms with Crippen molar-refractivity contribution >= 4 is 0 Å². The smallest absolute Gasteiger partial charge is 0.0894 e. The van der Waals surface area contributed by atoms with Gasteiger partial charge in [-0.3, -0.25) is 0 Å². The lowest BCUT2D eigenvalue weighted by atomic mass is 10.3. The molecular weight excluding hydrogens is 134 g/mol. The Morgan fingerprint density at radius 2 is 1.90 bits per heavy atom. The third kappa shape index (κ3) is 5.97. The maximum absolute atomic E-state index is 8.78. The zero-order chi connectivity index (χ0) is 7.98. The SMILES string of the molecule is CC(O)CNC[C@H](O)CO. The van der Waals surface area contributed by atoms with Crippen LogP contribution in [0.15, 0.2) is 0 Å². The Kier molecular flexibility index (Phi) is 5.52. The summed E-state index contributed by atoms with van der Waals surface area (Å²) in [4.78, 5) is 0. The first kappa shape index (κ1) is 9.84. The zero-order valence-corrected chi connectivity index (χ0v) is 6.12. The van der Waals surface area contributed by atoms with E-state index in [1.54, 1.807) is 6.92 Å². The van der Waals surface area contributed by atoms with Crippen molar-refractivity contribution in [3.63, 3.8) is 0 Å². The molecule has 4 nitrogen and oxygen atoms in total. The second-order valence-corrected chi connectivity index (χ2v) is 2.34. The lowest BCUT2D eigenvalue weighted by Gasteiger charge is -2.09. The summed E-state index contributed by atoms with van der Waals surface area (Å²) in [6.07, 6.45) is -1.13. The molecule has 0 aliphatic rings. The number of rotatable bonds is 5. The van der Waals surface area contributed by atoms with Crippen molar-refractivity contribution in [1.82, 2.24) is 5.32 Å². The van der Waals surface area contributed by atoms with Crippen LogP contribution in [0.3, 0.4) is 0 Å². The highest BCUT2D eigenvalue weighted by Crippen LogP contribution is 1.78. The minimum absolute atomic E-state index is 0.243. The minimum atomic E-state index is -0.723. The van der Waals surface area contributed by atoms with Crippen LogP contribution >= 0.6 is 0 Å². The average molecular weight is 149 g/mol. The van der Waals surface area contributed by atoms with Crippen LogP contribution in [-0.2, 0) is 0 Å². The molecule has 0 heterocycles. The molecule has 0 fully saturated rings. The van der Waals surface area contributed by atoms with Crippen molar-refractivity contribution < 1.29 is 15.3 Å². The van der Waals surface area contributed by atoms with Crippen LogP contribution in [0.2, 0.25) is 0 Å². The van der Waals surface area contributed by atoms with Gasteiger partial charge in [0.2, 0.25) is 0 Å². The molecule has 1 unspecified atom stereocenters. The fraction of sp³-hybridized carbons (Fsp3) is 1.00. The Hall–Kier alpha value is -0.160. The Balaban J connectivity index is 3.03.